The van der Waals surface area contributed by atoms with E-state index in [1.165, 1.54) is 204 Å². The van der Waals surface area contributed by atoms with Crippen molar-refractivity contribution in [1.82, 2.24) is 27.4 Å². The highest BCUT2D eigenvalue weighted by Gasteiger charge is 2.36. The molecule has 0 fully saturated rings. The Morgan fingerprint density at radius 2 is 0.393 bits per heavy atom. The van der Waals surface area contributed by atoms with E-state index in [1.807, 2.05) is 0 Å². The highest BCUT2D eigenvalue weighted by atomic mass is 15.0. The number of nitrogens with zero attached hydrogens (tertiary/aromatic N) is 6. The summed E-state index contributed by atoms with van der Waals surface area (Å²) in [7, 11) is 0. The lowest BCUT2D eigenvalue weighted by Crippen LogP contribution is -2.15. The third kappa shape index (κ3) is 10.2. The maximum atomic E-state index is 2.46. The van der Waals surface area contributed by atoms with Gasteiger partial charge in [-0.05, 0) is 225 Å². The molecule has 6 nitrogen and oxygen atoms in total. The fourth-order valence-electron chi connectivity index (χ4n) is 19.9. The first-order valence-corrected chi connectivity index (χ1v) is 40.5. The minimum Gasteiger partial charge on any atom is -0.309 e. The van der Waals surface area contributed by atoms with Crippen LogP contribution in [-0.4, -0.2) is 27.4 Å². The molecule has 0 radical (unpaired) electrons. The molecule has 18 aromatic carbocycles. The Morgan fingerprint density at radius 1 is 0.145 bits per heavy atom. The monoisotopic (exact) mass is 1490 g/mol. The molecule has 6 heterocycles. The molecule has 24 aromatic rings. The van der Waals surface area contributed by atoms with Gasteiger partial charge in [-0.3, -0.25) is 0 Å². The Labute approximate surface area is 675 Å². The first-order chi connectivity index (χ1) is 57.8. The Hall–Kier alpha value is -15.2. The van der Waals surface area contributed by atoms with Crippen LogP contribution < -0.4 is 0 Å². The number of para-hydroxylation sites is 8. The normalized spacial score (nSPS) is 12.6. The van der Waals surface area contributed by atoms with Gasteiger partial charge in [0.15, 0.2) is 0 Å². The van der Waals surface area contributed by atoms with Crippen molar-refractivity contribution in [2.45, 2.75) is 19.3 Å². The number of rotatable bonds is 9. The Balaban J connectivity index is 0.000000134. The molecule has 0 atom stereocenters. The summed E-state index contributed by atoms with van der Waals surface area (Å²) in [5.74, 6) is 0. The quantitative estimate of drug-likeness (QED) is 0.138. The summed E-state index contributed by atoms with van der Waals surface area (Å²) in [6.45, 7) is 4.72. The number of aromatic nitrogens is 6. The summed E-state index contributed by atoms with van der Waals surface area (Å²) in [6, 6.07) is 152. The Morgan fingerprint density at radius 3 is 0.778 bits per heavy atom. The number of fused-ring (bicyclic) bond motifs is 21. The number of benzene rings is 18. The predicted molar refractivity (Wildman–Crippen MR) is 493 cm³/mol. The second kappa shape index (κ2) is 25.9. The van der Waals surface area contributed by atoms with Crippen LogP contribution in [0.4, 0.5) is 0 Å². The van der Waals surface area contributed by atoms with Crippen molar-refractivity contribution >= 4 is 131 Å². The smallest absolute Gasteiger partial charge is 0.0542 e. The van der Waals surface area contributed by atoms with Crippen molar-refractivity contribution in [3.63, 3.8) is 0 Å². The summed E-state index contributed by atoms with van der Waals surface area (Å²) in [4.78, 5) is 0. The fraction of sp³-hybridized carbons (Fsp3) is 0.0270. The van der Waals surface area contributed by atoms with E-state index in [-0.39, 0.29) is 5.41 Å². The summed E-state index contributed by atoms with van der Waals surface area (Å²) < 4.78 is 14.5. The van der Waals surface area contributed by atoms with E-state index in [4.69, 9.17) is 0 Å². The molecular formula is C111H74N6. The van der Waals surface area contributed by atoms with Crippen LogP contribution in [0.5, 0.6) is 0 Å². The maximum Gasteiger partial charge on any atom is 0.0542 e. The van der Waals surface area contributed by atoms with Gasteiger partial charge in [-0.25, -0.2) is 0 Å². The minimum atomic E-state index is -0.0643. The van der Waals surface area contributed by atoms with Crippen LogP contribution in [-0.2, 0) is 5.41 Å². The van der Waals surface area contributed by atoms with Gasteiger partial charge in [-0.2, -0.15) is 0 Å². The van der Waals surface area contributed by atoms with Crippen LogP contribution in [0.3, 0.4) is 0 Å². The molecule has 0 saturated carbocycles. The van der Waals surface area contributed by atoms with E-state index < -0.39 is 0 Å². The van der Waals surface area contributed by atoms with Gasteiger partial charge in [-0.1, -0.05) is 257 Å². The van der Waals surface area contributed by atoms with Crippen molar-refractivity contribution in [3.05, 3.63) is 424 Å². The average molecular weight is 1490 g/mol. The van der Waals surface area contributed by atoms with E-state index in [0.717, 1.165) is 17.1 Å². The first-order valence-electron chi connectivity index (χ1n) is 40.5. The topological polar surface area (TPSA) is 29.6 Å². The molecule has 0 N–H and O–H groups in total. The van der Waals surface area contributed by atoms with Gasteiger partial charge in [0, 0.05) is 104 Å². The van der Waals surface area contributed by atoms with E-state index in [9.17, 15) is 0 Å². The van der Waals surface area contributed by atoms with Crippen LogP contribution in [0, 0.1) is 0 Å². The molecule has 0 saturated heterocycles. The molecule has 1 aliphatic carbocycles. The fourth-order valence-corrected chi connectivity index (χ4v) is 19.9. The standard InChI is InChI=1S/C57H39N3.C54H35N3/c1-57(2)49-20-10-6-16-41(49)42-28-26-40(35-50(42)57)60-53-23-13-8-18-44(53)47-33-37(25-30-55(47)60)36-24-29-54-46(32-36)43-17-7-12-22-52(43)59(54)39-27-31-56-48(34-39)45-19-9-11-21-51(45)58(56)38-14-4-3-5-15-38;1-3-14-36(15-4-1)37-16-13-19-41(32-37)56-50-24-11-7-20-43(50)46-33-38(26-29-52(46)56)39-27-30-53-47(34-39)44-21-8-12-25-51(44)57(53)42-28-31-54-48(35-42)45-22-9-10-23-49(45)55(54)40-17-5-2-6-18-40/h3-35H,1-2H3;1-35H. The highest BCUT2D eigenvalue weighted by molar-refractivity contribution is 6.17. The van der Waals surface area contributed by atoms with Gasteiger partial charge in [0.1, 0.15) is 0 Å². The Kier molecular flexibility index (Phi) is 14.7. The van der Waals surface area contributed by atoms with Gasteiger partial charge < -0.3 is 27.4 Å². The minimum absolute atomic E-state index is 0.0643. The first kappa shape index (κ1) is 66.4. The van der Waals surface area contributed by atoms with Crippen molar-refractivity contribution in [1.29, 1.82) is 0 Å². The van der Waals surface area contributed by atoms with Crippen molar-refractivity contribution in [2.75, 3.05) is 0 Å². The van der Waals surface area contributed by atoms with E-state index in [0.29, 0.717) is 0 Å². The van der Waals surface area contributed by atoms with Crippen LogP contribution in [0.2, 0.25) is 0 Å². The molecule has 1 aliphatic rings. The highest BCUT2D eigenvalue weighted by Crippen LogP contribution is 2.51. The van der Waals surface area contributed by atoms with Crippen molar-refractivity contribution in [3.8, 4) is 78.6 Å². The SMILES string of the molecule is CC1(C)c2ccccc2-c2ccc(-n3c4ccccc4c4cc(-c5ccc6c(c5)c5ccccc5n6-c5ccc6c(c5)c5ccccc5n6-c5ccccc5)ccc43)cc21.c1ccc(-c2cccc(-n3c4ccccc4c4cc(-c5ccc6c(c5)c5ccccc5n6-c5ccc6c(c5)c5ccccc5n6-c5ccccc5)ccc43)c2)cc1. The lowest BCUT2D eigenvalue weighted by Gasteiger charge is -2.22. The van der Waals surface area contributed by atoms with Gasteiger partial charge in [-0.15, -0.1) is 0 Å². The zero-order valence-electron chi connectivity index (χ0n) is 64.4. The molecule has 0 bridgehead atoms. The number of hydrogen-bond donors (Lipinski definition) is 0. The third-order valence-electron chi connectivity index (χ3n) is 25.3. The van der Waals surface area contributed by atoms with Crippen LogP contribution in [0.1, 0.15) is 25.0 Å². The van der Waals surface area contributed by atoms with Crippen LogP contribution >= 0.6 is 0 Å². The summed E-state index contributed by atoms with van der Waals surface area (Å²) in [5.41, 5.74) is 34.2. The molecule has 548 valence electrons. The van der Waals surface area contributed by atoms with Crippen molar-refractivity contribution < 1.29 is 0 Å². The largest absolute Gasteiger partial charge is 0.309 e. The molecule has 6 heteroatoms. The van der Waals surface area contributed by atoms with E-state index in [2.05, 4.69) is 454 Å². The average Bonchev–Trinajstić information content (AvgIpc) is 1.57. The number of hydrogen-bond acceptors (Lipinski definition) is 0. The van der Waals surface area contributed by atoms with Gasteiger partial charge in [0.2, 0.25) is 0 Å². The molecule has 0 aliphatic heterocycles. The van der Waals surface area contributed by atoms with Gasteiger partial charge >= 0.3 is 0 Å². The summed E-state index contributed by atoms with van der Waals surface area (Å²) in [6.07, 6.45) is 0. The lowest BCUT2D eigenvalue weighted by atomic mass is 9.82. The van der Waals surface area contributed by atoms with Gasteiger partial charge in [0.05, 0.1) is 66.2 Å². The van der Waals surface area contributed by atoms with Crippen LogP contribution in [0.25, 0.3) is 209 Å². The zero-order chi connectivity index (χ0) is 77.1. The molecule has 25 rings (SSSR count). The molecule has 0 unspecified atom stereocenters. The molecular weight excluding hydrogens is 1420 g/mol. The Bertz CT molecular complexity index is 8220. The lowest BCUT2D eigenvalue weighted by molar-refractivity contribution is 0.660. The van der Waals surface area contributed by atoms with Crippen LogP contribution in [0.15, 0.2) is 413 Å². The zero-order valence-corrected chi connectivity index (χ0v) is 64.4. The summed E-state index contributed by atoms with van der Waals surface area (Å²) in [5, 5.41) is 15.0. The maximum absolute atomic E-state index is 2.46. The predicted octanol–water partition coefficient (Wildman–Crippen LogP) is 29.3. The third-order valence-corrected chi connectivity index (χ3v) is 25.3. The van der Waals surface area contributed by atoms with E-state index in [1.54, 1.807) is 0 Å². The molecule has 117 heavy (non-hydrogen) atoms. The summed E-state index contributed by atoms with van der Waals surface area (Å²) >= 11 is 0. The second-order valence-electron chi connectivity index (χ2n) is 31.9. The van der Waals surface area contributed by atoms with Crippen molar-refractivity contribution in [2.24, 2.45) is 0 Å². The molecule has 0 spiro atoms. The van der Waals surface area contributed by atoms with Gasteiger partial charge in [0.25, 0.3) is 0 Å². The second-order valence-corrected chi connectivity index (χ2v) is 31.9. The molecule has 0 amide bonds. The molecule has 6 aromatic heterocycles. The van der Waals surface area contributed by atoms with E-state index >= 15 is 0 Å².